The summed E-state index contributed by atoms with van der Waals surface area (Å²) in [6.07, 6.45) is 0.585. The molecule has 1 aliphatic heterocycles. The van der Waals surface area contributed by atoms with Crippen LogP contribution in [0.25, 0.3) is 0 Å². The Kier molecular flexibility index (Phi) is 3.65. The summed E-state index contributed by atoms with van der Waals surface area (Å²) in [4.78, 5) is 24.0. The lowest BCUT2D eigenvalue weighted by atomic mass is 10.4. The minimum Gasteiger partial charge on any atom is -0.393 e. The highest BCUT2D eigenvalue weighted by Gasteiger charge is 2.25. The molecule has 0 aromatic carbocycles. The van der Waals surface area contributed by atoms with Gasteiger partial charge >= 0.3 is 5.69 Å². The van der Waals surface area contributed by atoms with Crippen LogP contribution in [0.3, 0.4) is 0 Å². The van der Waals surface area contributed by atoms with Gasteiger partial charge < -0.3 is 9.84 Å². The molecule has 0 radical (unpaired) electrons. The number of thioether (sulfide) groups is 1. The Balaban J connectivity index is 2.12. The first-order chi connectivity index (χ1) is 8.10. The average molecular weight is 262 g/mol. The van der Waals surface area contributed by atoms with E-state index in [-0.39, 0.29) is 24.7 Å². The predicted molar refractivity (Wildman–Crippen MR) is 59.5 cm³/mol. The van der Waals surface area contributed by atoms with Crippen LogP contribution in [-0.4, -0.2) is 38.6 Å². The second kappa shape index (κ2) is 5.03. The van der Waals surface area contributed by atoms with Crippen LogP contribution in [0.5, 0.6) is 0 Å². The van der Waals surface area contributed by atoms with Crippen molar-refractivity contribution in [3.8, 4) is 0 Å². The molecule has 2 atom stereocenters. The molecule has 17 heavy (non-hydrogen) atoms. The van der Waals surface area contributed by atoms with Crippen molar-refractivity contribution in [2.45, 2.75) is 18.1 Å². The number of hydrogen-bond acceptors (Lipinski definition) is 5. The van der Waals surface area contributed by atoms with Crippen LogP contribution in [0.4, 0.5) is 4.39 Å². The van der Waals surface area contributed by atoms with Crippen molar-refractivity contribution < 1.29 is 14.2 Å². The third-order valence-electron chi connectivity index (χ3n) is 2.33. The van der Waals surface area contributed by atoms with E-state index in [0.717, 1.165) is 10.8 Å². The summed E-state index contributed by atoms with van der Waals surface area (Å²) in [7, 11) is 0. The molecule has 0 unspecified atom stereocenters. The summed E-state index contributed by atoms with van der Waals surface area (Å²) in [6.45, 7) is 0.0477. The molecule has 94 valence electrons. The minimum absolute atomic E-state index is 0.101. The summed E-state index contributed by atoms with van der Waals surface area (Å²) in [6, 6.07) is 0. The second-order valence-electron chi connectivity index (χ2n) is 3.59. The Morgan fingerprint density at radius 1 is 1.65 bits per heavy atom. The Hall–Kier alpha value is -1.12. The van der Waals surface area contributed by atoms with Gasteiger partial charge in [0.2, 0.25) is 5.82 Å². The maximum Gasteiger partial charge on any atom is 0.328 e. The van der Waals surface area contributed by atoms with Gasteiger partial charge in [0.25, 0.3) is 5.56 Å². The number of aromatic nitrogens is 2. The first-order valence-corrected chi connectivity index (χ1v) is 6.02. The van der Waals surface area contributed by atoms with Gasteiger partial charge in [0.15, 0.2) is 0 Å². The SMILES string of the molecule is O=c1[nH]c(=O)n(C[C@@H]2CS[C@H](CO)O2)cc1F. The normalized spacial score (nSPS) is 24.1. The van der Waals surface area contributed by atoms with Gasteiger partial charge in [-0.3, -0.25) is 14.3 Å². The van der Waals surface area contributed by atoms with Crippen LogP contribution in [-0.2, 0) is 11.3 Å². The molecule has 1 fully saturated rings. The quantitative estimate of drug-likeness (QED) is 0.739. The summed E-state index contributed by atoms with van der Waals surface area (Å²) in [5.41, 5.74) is -2.00. The molecule has 1 aromatic heterocycles. The maximum absolute atomic E-state index is 13.0. The molecule has 0 amide bonds. The molecule has 0 saturated carbocycles. The molecular formula is C9H11FN2O4S. The van der Waals surface area contributed by atoms with E-state index in [1.54, 1.807) is 0 Å². The van der Waals surface area contributed by atoms with Crippen molar-refractivity contribution in [3.63, 3.8) is 0 Å². The van der Waals surface area contributed by atoms with Crippen molar-refractivity contribution in [1.82, 2.24) is 9.55 Å². The smallest absolute Gasteiger partial charge is 0.328 e. The van der Waals surface area contributed by atoms with Gasteiger partial charge in [-0.15, -0.1) is 11.8 Å². The zero-order chi connectivity index (χ0) is 12.4. The van der Waals surface area contributed by atoms with E-state index >= 15 is 0 Å². The Bertz CT molecular complexity index is 514. The predicted octanol–water partition coefficient (Wildman–Crippen LogP) is -0.874. The molecule has 2 rings (SSSR count). The molecular weight excluding hydrogens is 251 g/mol. The lowest BCUT2D eigenvalue weighted by Crippen LogP contribution is -2.35. The highest BCUT2D eigenvalue weighted by molar-refractivity contribution is 8.00. The summed E-state index contributed by atoms with van der Waals surface area (Å²) >= 11 is 1.43. The van der Waals surface area contributed by atoms with E-state index in [0.29, 0.717) is 5.75 Å². The number of hydrogen-bond donors (Lipinski definition) is 2. The fourth-order valence-electron chi connectivity index (χ4n) is 1.54. The maximum atomic E-state index is 13.0. The van der Waals surface area contributed by atoms with E-state index in [9.17, 15) is 14.0 Å². The van der Waals surface area contributed by atoms with E-state index in [1.165, 1.54) is 11.8 Å². The molecule has 8 heteroatoms. The van der Waals surface area contributed by atoms with Gasteiger partial charge in [-0.25, -0.2) is 4.79 Å². The number of aliphatic hydroxyl groups excluding tert-OH is 1. The van der Waals surface area contributed by atoms with Gasteiger partial charge in [0.1, 0.15) is 5.44 Å². The van der Waals surface area contributed by atoms with Crippen LogP contribution in [0.15, 0.2) is 15.8 Å². The van der Waals surface area contributed by atoms with E-state index in [4.69, 9.17) is 9.84 Å². The molecule has 6 nitrogen and oxygen atoms in total. The molecule has 1 aromatic rings. The molecule has 1 saturated heterocycles. The zero-order valence-corrected chi connectivity index (χ0v) is 9.58. The lowest BCUT2D eigenvalue weighted by molar-refractivity contribution is 0.0260. The number of ether oxygens (including phenoxy) is 1. The monoisotopic (exact) mass is 262 g/mol. The van der Waals surface area contributed by atoms with Gasteiger partial charge in [-0.2, -0.15) is 4.39 Å². The third-order valence-corrected chi connectivity index (χ3v) is 3.53. The lowest BCUT2D eigenvalue weighted by Gasteiger charge is -2.12. The number of nitrogens with zero attached hydrogens (tertiary/aromatic N) is 1. The van der Waals surface area contributed by atoms with Crippen LogP contribution in [0.1, 0.15) is 0 Å². The van der Waals surface area contributed by atoms with Crippen molar-refractivity contribution in [2.75, 3.05) is 12.4 Å². The second-order valence-corrected chi connectivity index (χ2v) is 4.78. The van der Waals surface area contributed by atoms with Crippen molar-refractivity contribution in [1.29, 1.82) is 0 Å². The molecule has 2 heterocycles. The molecule has 0 aliphatic carbocycles. The Labute approximate surface area is 99.4 Å². The van der Waals surface area contributed by atoms with Crippen molar-refractivity contribution in [2.24, 2.45) is 0 Å². The number of halogens is 1. The van der Waals surface area contributed by atoms with Crippen LogP contribution < -0.4 is 11.2 Å². The molecule has 1 aliphatic rings. The van der Waals surface area contributed by atoms with Gasteiger partial charge in [0.05, 0.1) is 25.5 Å². The summed E-state index contributed by atoms with van der Waals surface area (Å²) < 4.78 is 19.4. The number of aromatic amines is 1. The van der Waals surface area contributed by atoms with E-state index in [1.807, 2.05) is 4.98 Å². The topological polar surface area (TPSA) is 84.3 Å². The largest absolute Gasteiger partial charge is 0.393 e. The molecule has 0 spiro atoms. The Morgan fingerprint density at radius 2 is 2.41 bits per heavy atom. The number of aliphatic hydroxyl groups is 1. The number of H-pyrrole nitrogens is 1. The highest BCUT2D eigenvalue weighted by Crippen LogP contribution is 2.25. The van der Waals surface area contributed by atoms with E-state index in [2.05, 4.69) is 0 Å². The first kappa shape index (κ1) is 12.3. The average Bonchev–Trinajstić information content (AvgIpc) is 2.73. The summed E-state index contributed by atoms with van der Waals surface area (Å²) in [5, 5.41) is 8.86. The van der Waals surface area contributed by atoms with Crippen molar-refractivity contribution in [3.05, 3.63) is 32.9 Å². The molecule has 0 bridgehead atoms. The van der Waals surface area contributed by atoms with Crippen molar-refractivity contribution >= 4 is 11.8 Å². The van der Waals surface area contributed by atoms with Gasteiger partial charge in [-0.1, -0.05) is 0 Å². The highest BCUT2D eigenvalue weighted by atomic mass is 32.2. The Morgan fingerprint density at radius 3 is 3.06 bits per heavy atom. The number of rotatable bonds is 3. The molecule has 2 N–H and O–H groups in total. The van der Waals surface area contributed by atoms with Gasteiger partial charge in [-0.05, 0) is 0 Å². The van der Waals surface area contributed by atoms with Gasteiger partial charge in [0, 0.05) is 5.75 Å². The van der Waals surface area contributed by atoms with E-state index < -0.39 is 17.1 Å². The minimum atomic E-state index is -1.03. The van der Waals surface area contributed by atoms with Crippen LogP contribution in [0.2, 0.25) is 0 Å². The number of nitrogens with one attached hydrogen (secondary N) is 1. The zero-order valence-electron chi connectivity index (χ0n) is 8.76. The summed E-state index contributed by atoms with van der Waals surface area (Å²) in [5.74, 6) is -0.396. The standard InChI is InChI=1S/C9H11FN2O4S/c10-6-2-12(9(15)11-8(6)14)1-5-4-17-7(3-13)16-5/h2,5,7,13H,1,3-4H2,(H,11,14,15)/t5-,7-/m1/s1. The third kappa shape index (κ3) is 2.76. The van der Waals surface area contributed by atoms with Crippen LogP contribution in [0, 0.1) is 5.82 Å². The fourth-order valence-corrected chi connectivity index (χ4v) is 2.49. The fraction of sp³-hybridized carbons (Fsp3) is 0.556. The van der Waals surface area contributed by atoms with Crippen LogP contribution >= 0.6 is 11.8 Å². The first-order valence-electron chi connectivity index (χ1n) is 4.97.